The van der Waals surface area contributed by atoms with Gasteiger partial charge in [-0.25, -0.2) is 0 Å². The Morgan fingerprint density at radius 1 is 1.00 bits per heavy atom. The van der Waals surface area contributed by atoms with E-state index in [0.29, 0.717) is 42.4 Å². The average molecular weight is 411 g/mol. The number of carbonyl (C=O) groups excluding carboxylic acids is 2. The van der Waals surface area contributed by atoms with Crippen LogP contribution >= 0.6 is 0 Å². The van der Waals surface area contributed by atoms with Crippen LogP contribution in [0.15, 0.2) is 34.9 Å². The minimum atomic E-state index is -0.504. The van der Waals surface area contributed by atoms with E-state index in [0.717, 1.165) is 31.2 Å². The molecule has 1 aromatic rings. The Labute approximate surface area is 178 Å². The highest BCUT2D eigenvalue weighted by Crippen LogP contribution is 2.32. The second kappa shape index (κ2) is 11.2. The molecule has 0 saturated carbocycles. The summed E-state index contributed by atoms with van der Waals surface area (Å²) in [7, 11) is 0. The smallest absolute Gasteiger partial charge is 0.271 e. The van der Waals surface area contributed by atoms with Crippen molar-refractivity contribution in [2.75, 3.05) is 19.8 Å². The highest BCUT2D eigenvalue weighted by molar-refractivity contribution is 6.19. The molecule has 0 saturated heterocycles. The number of unbranched alkanes of at least 4 members (excludes halogenated alkanes) is 3. The molecule has 6 nitrogen and oxygen atoms in total. The van der Waals surface area contributed by atoms with Crippen LogP contribution < -0.4 is 9.47 Å². The van der Waals surface area contributed by atoms with E-state index in [2.05, 4.69) is 6.92 Å². The Kier molecular flexibility index (Phi) is 8.67. The Bertz CT molecular complexity index is 893. The standard InChI is InChI=1S/C24H30N2O4/c1-5-8-9-10-13-26-23(27)19(17(4)20(16-25)24(26)28)14-18-11-12-21(29-6-2)22(15-18)30-7-3/h11-12,14-15H,5-10,13H2,1-4H3/b19-14+. The number of hydrogen-bond acceptors (Lipinski definition) is 5. The number of ether oxygens (including phenoxy) is 2. The minimum absolute atomic E-state index is 0.0207. The first-order valence-corrected chi connectivity index (χ1v) is 10.6. The van der Waals surface area contributed by atoms with Gasteiger partial charge in [-0.05, 0) is 56.5 Å². The van der Waals surface area contributed by atoms with E-state index >= 15 is 0 Å². The van der Waals surface area contributed by atoms with E-state index in [1.807, 2.05) is 26.0 Å². The zero-order valence-corrected chi connectivity index (χ0v) is 18.3. The molecule has 1 aromatic carbocycles. The van der Waals surface area contributed by atoms with Gasteiger partial charge in [0.05, 0.1) is 13.2 Å². The van der Waals surface area contributed by atoms with Crippen molar-refractivity contribution in [2.24, 2.45) is 0 Å². The van der Waals surface area contributed by atoms with Crippen molar-refractivity contribution in [3.8, 4) is 17.6 Å². The minimum Gasteiger partial charge on any atom is -0.490 e. The maximum absolute atomic E-state index is 13.1. The lowest BCUT2D eigenvalue weighted by atomic mass is 9.93. The molecule has 0 spiro atoms. The highest BCUT2D eigenvalue weighted by Gasteiger charge is 2.35. The fourth-order valence-electron chi connectivity index (χ4n) is 3.35. The van der Waals surface area contributed by atoms with Crippen LogP contribution in [0.5, 0.6) is 11.5 Å². The van der Waals surface area contributed by atoms with E-state index < -0.39 is 5.91 Å². The molecule has 0 atom stereocenters. The molecule has 0 aliphatic carbocycles. The molecule has 30 heavy (non-hydrogen) atoms. The SMILES string of the molecule is CCCCCCN1C(=O)C(C#N)=C(C)/C(=C\c2ccc(OCC)c(OCC)c2)C1=O. The van der Waals surface area contributed by atoms with Crippen molar-refractivity contribution < 1.29 is 19.1 Å². The van der Waals surface area contributed by atoms with E-state index in [9.17, 15) is 14.9 Å². The van der Waals surface area contributed by atoms with E-state index in [4.69, 9.17) is 9.47 Å². The van der Waals surface area contributed by atoms with Crippen molar-refractivity contribution in [3.63, 3.8) is 0 Å². The second-order valence-electron chi connectivity index (χ2n) is 7.06. The molecular weight excluding hydrogens is 380 g/mol. The molecule has 0 radical (unpaired) electrons. The topological polar surface area (TPSA) is 79.6 Å². The van der Waals surface area contributed by atoms with Gasteiger partial charge in [0.2, 0.25) is 0 Å². The first-order chi connectivity index (χ1) is 14.5. The number of nitrogens with zero attached hydrogens (tertiary/aromatic N) is 2. The number of amides is 2. The third-order valence-corrected chi connectivity index (χ3v) is 4.94. The summed E-state index contributed by atoms with van der Waals surface area (Å²) < 4.78 is 11.3. The van der Waals surface area contributed by atoms with Crippen LogP contribution in [0.2, 0.25) is 0 Å². The largest absolute Gasteiger partial charge is 0.490 e. The summed E-state index contributed by atoms with van der Waals surface area (Å²) in [4.78, 5) is 26.9. The molecule has 0 N–H and O–H groups in total. The van der Waals surface area contributed by atoms with Crippen molar-refractivity contribution in [1.29, 1.82) is 5.26 Å². The maximum atomic E-state index is 13.1. The lowest BCUT2D eigenvalue weighted by Gasteiger charge is -2.27. The number of benzene rings is 1. The predicted octanol–water partition coefficient (Wildman–Crippen LogP) is 4.66. The third-order valence-electron chi connectivity index (χ3n) is 4.94. The quantitative estimate of drug-likeness (QED) is 0.318. The summed E-state index contributed by atoms with van der Waals surface area (Å²) in [5.74, 6) is 0.357. The molecule has 1 aliphatic heterocycles. The maximum Gasteiger partial charge on any atom is 0.271 e. The van der Waals surface area contributed by atoms with Crippen LogP contribution in [0.25, 0.3) is 6.08 Å². The average Bonchev–Trinajstić information content (AvgIpc) is 2.73. The molecule has 160 valence electrons. The van der Waals surface area contributed by atoms with Crippen LogP contribution in [0, 0.1) is 11.3 Å². The number of hydrogen-bond donors (Lipinski definition) is 0. The molecule has 0 aromatic heterocycles. The Morgan fingerprint density at radius 2 is 1.70 bits per heavy atom. The van der Waals surface area contributed by atoms with Gasteiger partial charge in [-0.3, -0.25) is 14.5 Å². The Morgan fingerprint density at radius 3 is 2.33 bits per heavy atom. The van der Waals surface area contributed by atoms with Gasteiger partial charge in [0, 0.05) is 12.1 Å². The predicted molar refractivity (Wildman–Crippen MR) is 116 cm³/mol. The Hall–Kier alpha value is -3.07. The van der Waals surface area contributed by atoms with Crippen LogP contribution in [-0.4, -0.2) is 36.5 Å². The van der Waals surface area contributed by atoms with Crippen LogP contribution in [0.3, 0.4) is 0 Å². The number of rotatable bonds is 10. The summed E-state index contributed by atoms with van der Waals surface area (Å²) in [5.41, 5.74) is 1.52. The van der Waals surface area contributed by atoms with E-state index in [1.165, 1.54) is 4.90 Å². The molecule has 2 rings (SSSR count). The lowest BCUT2D eigenvalue weighted by Crippen LogP contribution is -2.43. The molecule has 0 bridgehead atoms. The highest BCUT2D eigenvalue weighted by atomic mass is 16.5. The summed E-state index contributed by atoms with van der Waals surface area (Å²) in [6.45, 7) is 8.85. The zero-order valence-electron chi connectivity index (χ0n) is 18.3. The monoisotopic (exact) mass is 410 g/mol. The fraction of sp³-hybridized carbons (Fsp3) is 0.458. The van der Waals surface area contributed by atoms with Crippen molar-refractivity contribution >= 4 is 17.9 Å². The fourth-order valence-corrected chi connectivity index (χ4v) is 3.35. The van der Waals surface area contributed by atoms with Gasteiger partial charge in [-0.2, -0.15) is 5.26 Å². The summed E-state index contributed by atoms with van der Waals surface area (Å²) in [6.07, 6.45) is 5.49. The van der Waals surface area contributed by atoms with E-state index in [1.54, 1.807) is 25.1 Å². The van der Waals surface area contributed by atoms with Crippen molar-refractivity contribution in [2.45, 2.75) is 53.4 Å². The molecule has 6 heteroatoms. The first kappa shape index (κ1) is 23.2. The van der Waals surface area contributed by atoms with Crippen molar-refractivity contribution in [1.82, 2.24) is 4.90 Å². The lowest BCUT2D eigenvalue weighted by molar-refractivity contribution is -0.140. The first-order valence-electron chi connectivity index (χ1n) is 10.6. The van der Waals surface area contributed by atoms with E-state index in [-0.39, 0.29) is 11.5 Å². The molecule has 1 aliphatic rings. The number of carbonyl (C=O) groups is 2. The van der Waals surface area contributed by atoms with Crippen LogP contribution in [0.4, 0.5) is 0 Å². The van der Waals surface area contributed by atoms with Gasteiger partial charge in [0.25, 0.3) is 11.8 Å². The molecule has 0 fully saturated rings. The molecule has 0 unspecified atom stereocenters. The van der Waals surface area contributed by atoms with Crippen LogP contribution in [0.1, 0.15) is 58.9 Å². The van der Waals surface area contributed by atoms with Crippen molar-refractivity contribution in [3.05, 3.63) is 40.5 Å². The number of imide groups is 1. The second-order valence-corrected chi connectivity index (χ2v) is 7.06. The molecular formula is C24H30N2O4. The van der Waals surface area contributed by atoms with Gasteiger partial charge >= 0.3 is 0 Å². The summed E-state index contributed by atoms with van der Waals surface area (Å²) in [5, 5.41) is 9.51. The van der Waals surface area contributed by atoms with Gasteiger partial charge in [-0.1, -0.05) is 32.3 Å². The molecule has 1 heterocycles. The van der Waals surface area contributed by atoms with Crippen LogP contribution in [-0.2, 0) is 9.59 Å². The molecule has 2 amide bonds. The summed E-state index contributed by atoms with van der Waals surface area (Å²) in [6, 6.07) is 7.41. The zero-order chi connectivity index (χ0) is 22.1. The van der Waals surface area contributed by atoms with Gasteiger partial charge < -0.3 is 9.47 Å². The number of nitriles is 1. The Balaban J connectivity index is 2.42. The third kappa shape index (κ3) is 5.29. The van der Waals surface area contributed by atoms with Gasteiger partial charge in [0.15, 0.2) is 11.5 Å². The normalized spacial score (nSPS) is 15.6. The van der Waals surface area contributed by atoms with Gasteiger partial charge in [-0.15, -0.1) is 0 Å². The van der Waals surface area contributed by atoms with Gasteiger partial charge in [0.1, 0.15) is 11.6 Å². The summed E-state index contributed by atoms with van der Waals surface area (Å²) >= 11 is 0.